The minimum atomic E-state index is -0.151. The van der Waals surface area contributed by atoms with Gasteiger partial charge in [-0.05, 0) is 24.3 Å². The fraction of sp³-hybridized carbons (Fsp3) is 0.917. The molecule has 2 aliphatic rings. The molecule has 16 heavy (non-hydrogen) atoms. The largest absolute Gasteiger partial charge is 0.449 e. The summed E-state index contributed by atoms with van der Waals surface area (Å²) in [6.45, 7) is 9.48. The molecule has 1 amide bonds. The predicted octanol–water partition coefficient (Wildman–Crippen LogP) is 1.46. The van der Waals surface area contributed by atoms with Crippen LogP contribution in [0.15, 0.2) is 0 Å². The van der Waals surface area contributed by atoms with Gasteiger partial charge in [-0.3, -0.25) is 0 Å². The second-order valence-electron chi connectivity index (χ2n) is 6.12. The Morgan fingerprint density at radius 2 is 2.25 bits per heavy atom. The smallest absolute Gasteiger partial charge is 0.409 e. The molecule has 2 saturated heterocycles. The van der Waals surface area contributed by atoms with E-state index in [1.807, 2.05) is 4.90 Å². The van der Waals surface area contributed by atoms with Gasteiger partial charge in [0.05, 0.1) is 6.61 Å². The zero-order valence-electron chi connectivity index (χ0n) is 10.5. The van der Waals surface area contributed by atoms with Crippen molar-refractivity contribution in [1.29, 1.82) is 0 Å². The normalized spacial score (nSPS) is 29.3. The molecule has 2 atom stereocenters. The molecule has 0 aromatic rings. The molecule has 1 N–H and O–H groups in total. The maximum absolute atomic E-state index is 11.8. The van der Waals surface area contributed by atoms with E-state index in [4.69, 9.17) is 4.74 Å². The van der Waals surface area contributed by atoms with Crippen LogP contribution in [0.4, 0.5) is 4.79 Å². The van der Waals surface area contributed by atoms with E-state index in [9.17, 15) is 4.79 Å². The molecule has 4 nitrogen and oxygen atoms in total. The summed E-state index contributed by atoms with van der Waals surface area (Å²) in [5, 5.41) is 3.36. The van der Waals surface area contributed by atoms with Gasteiger partial charge in [0.15, 0.2) is 0 Å². The van der Waals surface area contributed by atoms with E-state index in [0.29, 0.717) is 12.6 Å². The number of ether oxygens (including phenoxy) is 1. The van der Waals surface area contributed by atoms with Crippen molar-refractivity contribution in [2.75, 3.05) is 26.2 Å². The highest BCUT2D eigenvalue weighted by molar-refractivity contribution is 5.67. The highest BCUT2D eigenvalue weighted by Crippen LogP contribution is 2.24. The van der Waals surface area contributed by atoms with Crippen molar-refractivity contribution in [3.63, 3.8) is 0 Å². The Morgan fingerprint density at radius 3 is 2.75 bits per heavy atom. The number of carbonyl (C=O) groups is 1. The zero-order valence-corrected chi connectivity index (χ0v) is 10.5. The van der Waals surface area contributed by atoms with Crippen molar-refractivity contribution in [1.82, 2.24) is 10.2 Å². The van der Waals surface area contributed by atoms with Gasteiger partial charge in [0.25, 0.3) is 0 Å². The van der Waals surface area contributed by atoms with Gasteiger partial charge >= 0.3 is 6.09 Å². The van der Waals surface area contributed by atoms with Gasteiger partial charge in [-0.15, -0.1) is 0 Å². The third-order valence-electron chi connectivity index (χ3n) is 3.29. The molecule has 0 saturated carbocycles. The molecule has 0 unspecified atom stereocenters. The molecular formula is C12H22N2O2. The molecule has 2 aliphatic heterocycles. The number of nitrogens with one attached hydrogen (secondary N) is 1. The van der Waals surface area contributed by atoms with E-state index >= 15 is 0 Å². The van der Waals surface area contributed by atoms with Crippen molar-refractivity contribution in [2.45, 2.75) is 33.2 Å². The minimum Gasteiger partial charge on any atom is -0.449 e. The minimum absolute atomic E-state index is 0.0443. The molecule has 0 aromatic heterocycles. The van der Waals surface area contributed by atoms with Crippen LogP contribution in [0.5, 0.6) is 0 Å². The molecule has 0 aliphatic carbocycles. The molecule has 92 valence electrons. The van der Waals surface area contributed by atoms with Crippen molar-refractivity contribution in [3.8, 4) is 0 Å². The van der Waals surface area contributed by atoms with Crippen molar-refractivity contribution in [3.05, 3.63) is 0 Å². The van der Waals surface area contributed by atoms with Crippen LogP contribution in [-0.4, -0.2) is 43.3 Å². The number of fused-ring (bicyclic) bond motifs is 1. The lowest BCUT2D eigenvalue weighted by atomic mass is 9.85. The van der Waals surface area contributed by atoms with Crippen LogP contribution in [0, 0.1) is 11.3 Å². The Balaban J connectivity index is 1.77. The summed E-state index contributed by atoms with van der Waals surface area (Å²) in [6.07, 6.45) is 0.963. The van der Waals surface area contributed by atoms with E-state index in [2.05, 4.69) is 26.1 Å². The van der Waals surface area contributed by atoms with Gasteiger partial charge in [0.2, 0.25) is 0 Å². The summed E-state index contributed by atoms with van der Waals surface area (Å²) in [4.78, 5) is 13.6. The van der Waals surface area contributed by atoms with Crippen LogP contribution >= 0.6 is 0 Å². The van der Waals surface area contributed by atoms with E-state index in [1.165, 1.54) is 0 Å². The number of rotatable bonds is 1. The van der Waals surface area contributed by atoms with Crippen molar-refractivity contribution >= 4 is 6.09 Å². The van der Waals surface area contributed by atoms with Gasteiger partial charge in [0.1, 0.15) is 0 Å². The average molecular weight is 226 g/mol. The lowest BCUT2D eigenvalue weighted by Crippen LogP contribution is -2.62. The summed E-state index contributed by atoms with van der Waals surface area (Å²) in [5.41, 5.74) is 0.0443. The van der Waals surface area contributed by atoms with Gasteiger partial charge in [-0.1, -0.05) is 20.8 Å². The van der Waals surface area contributed by atoms with Gasteiger partial charge in [-0.25, -0.2) is 4.79 Å². The first-order valence-corrected chi connectivity index (χ1v) is 6.11. The fourth-order valence-corrected chi connectivity index (χ4v) is 2.15. The zero-order chi connectivity index (χ0) is 11.8. The Morgan fingerprint density at radius 1 is 1.50 bits per heavy atom. The average Bonchev–Trinajstić information content (AvgIpc) is 2.15. The van der Waals surface area contributed by atoms with Gasteiger partial charge in [0, 0.05) is 19.1 Å². The molecule has 2 rings (SSSR count). The number of likely N-dealkylation sites (tertiary alicyclic amines) is 1. The number of piperidine rings is 1. The van der Waals surface area contributed by atoms with Gasteiger partial charge in [-0.2, -0.15) is 0 Å². The van der Waals surface area contributed by atoms with Crippen LogP contribution in [0.2, 0.25) is 0 Å². The molecule has 2 fully saturated rings. The van der Waals surface area contributed by atoms with Crippen LogP contribution in [0.3, 0.4) is 0 Å². The van der Waals surface area contributed by atoms with Crippen LogP contribution in [0.25, 0.3) is 0 Å². The lowest BCUT2D eigenvalue weighted by molar-refractivity contribution is 0.0400. The van der Waals surface area contributed by atoms with E-state index in [-0.39, 0.29) is 11.5 Å². The number of hydrogen-bond donors (Lipinski definition) is 1. The number of nitrogens with zero attached hydrogens (tertiary/aromatic N) is 1. The van der Waals surface area contributed by atoms with Crippen molar-refractivity contribution < 1.29 is 9.53 Å². The quantitative estimate of drug-likeness (QED) is 0.736. The Labute approximate surface area is 97.3 Å². The summed E-state index contributed by atoms with van der Waals surface area (Å²) >= 11 is 0. The van der Waals surface area contributed by atoms with Crippen LogP contribution < -0.4 is 5.32 Å². The summed E-state index contributed by atoms with van der Waals surface area (Å²) in [6, 6.07) is 0.510. The second kappa shape index (κ2) is 4.24. The van der Waals surface area contributed by atoms with E-state index in [0.717, 1.165) is 32.0 Å². The highest BCUT2D eigenvalue weighted by atomic mass is 16.6. The fourth-order valence-electron chi connectivity index (χ4n) is 2.15. The Kier molecular flexibility index (Phi) is 3.10. The predicted molar refractivity (Wildman–Crippen MR) is 62.3 cm³/mol. The van der Waals surface area contributed by atoms with E-state index < -0.39 is 0 Å². The maximum Gasteiger partial charge on any atom is 0.409 e. The third kappa shape index (κ3) is 2.67. The Hall–Kier alpha value is -0.770. The lowest BCUT2D eigenvalue weighted by Gasteiger charge is -2.45. The number of carbonyl (C=O) groups excluding carboxylic acids is 1. The Bertz CT molecular complexity index is 273. The second-order valence-corrected chi connectivity index (χ2v) is 6.12. The van der Waals surface area contributed by atoms with Crippen LogP contribution in [-0.2, 0) is 4.74 Å². The van der Waals surface area contributed by atoms with E-state index in [1.54, 1.807) is 0 Å². The SMILES string of the molecule is CC(C)(C)COC(=O)N1CC[C@H]2CN[C@@H]2C1. The maximum atomic E-state index is 11.8. The van der Waals surface area contributed by atoms with Crippen molar-refractivity contribution in [2.24, 2.45) is 11.3 Å². The van der Waals surface area contributed by atoms with Gasteiger partial charge < -0.3 is 15.0 Å². The first-order chi connectivity index (χ1) is 7.46. The molecular weight excluding hydrogens is 204 g/mol. The first kappa shape index (κ1) is 11.7. The monoisotopic (exact) mass is 226 g/mol. The summed E-state index contributed by atoms with van der Waals surface area (Å²) < 4.78 is 5.31. The summed E-state index contributed by atoms with van der Waals surface area (Å²) in [5.74, 6) is 0.784. The number of hydrogen-bond acceptors (Lipinski definition) is 3. The standard InChI is InChI=1S/C12H22N2O2/c1-12(2,3)8-16-11(15)14-5-4-9-6-13-10(9)7-14/h9-10,13H,4-8H2,1-3H3/t9-,10+/m0/s1. The highest BCUT2D eigenvalue weighted by Gasteiger charge is 2.37. The molecule has 0 bridgehead atoms. The molecule has 4 heteroatoms. The third-order valence-corrected chi connectivity index (χ3v) is 3.29. The molecule has 0 aromatic carbocycles. The molecule has 0 spiro atoms. The first-order valence-electron chi connectivity index (χ1n) is 6.11. The summed E-state index contributed by atoms with van der Waals surface area (Å²) in [7, 11) is 0. The molecule has 2 heterocycles. The topological polar surface area (TPSA) is 41.6 Å². The number of amides is 1. The van der Waals surface area contributed by atoms with Crippen LogP contribution in [0.1, 0.15) is 27.2 Å². The molecule has 0 radical (unpaired) electrons.